The Labute approximate surface area is 144 Å². The molecule has 6 nitrogen and oxygen atoms in total. The summed E-state index contributed by atoms with van der Waals surface area (Å²) >= 11 is 5.94. The number of carbonyl (C=O) groups is 1. The third-order valence-electron chi connectivity index (χ3n) is 3.88. The van der Waals surface area contributed by atoms with Crippen LogP contribution in [-0.2, 0) is 16.1 Å². The van der Waals surface area contributed by atoms with Crippen LogP contribution < -0.4 is 0 Å². The van der Waals surface area contributed by atoms with Crippen molar-refractivity contribution in [3.8, 4) is 0 Å². The molecule has 1 amide bonds. The lowest BCUT2D eigenvalue weighted by Crippen LogP contribution is -2.35. The van der Waals surface area contributed by atoms with Gasteiger partial charge in [-0.15, -0.1) is 5.10 Å². The van der Waals surface area contributed by atoms with Crippen LogP contribution in [0.5, 0.6) is 0 Å². The molecule has 1 unspecified atom stereocenters. The summed E-state index contributed by atoms with van der Waals surface area (Å²) in [5, 5.41) is 10.2. The molecule has 0 radical (unpaired) electrons. The zero-order valence-electron chi connectivity index (χ0n) is 13.4. The lowest BCUT2D eigenvalue weighted by atomic mass is 10.1. The number of halogens is 1. The zero-order chi connectivity index (χ0) is 17.1. The number of nitrogens with zero attached hydrogens (tertiary/aromatic N) is 4. The Balaban J connectivity index is 2.01. The van der Waals surface area contributed by atoms with Crippen molar-refractivity contribution in [2.45, 2.75) is 12.5 Å². The first-order valence-electron chi connectivity index (χ1n) is 7.46. The van der Waals surface area contributed by atoms with Crippen molar-refractivity contribution in [2.24, 2.45) is 0 Å². The smallest absolute Gasteiger partial charge is 0.271 e. The molecule has 0 spiro atoms. The predicted octanol–water partition coefficient (Wildman–Crippen LogP) is 2.89. The normalized spacial score (nSPS) is 12.3. The molecule has 0 aliphatic carbocycles. The molecular weight excluding hydrogens is 328 g/mol. The molecule has 7 heteroatoms. The number of carbonyl (C=O) groups excluding carboxylic acids is 1. The number of likely N-dealkylation sites (N-methyl/N-ethyl adjacent to an activating group) is 1. The van der Waals surface area contributed by atoms with Gasteiger partial charge in [0.2, 0.25) is 0 Å². The van der Waals surface area contributed by atoms with Crippen LogP contribution in [0.2, 0.25) is 5.02 Å². The van der Waals surface area contributed by atoms with E-state index in [1.54, 1.807) is 23.9 Å². The molecular formula is C17H17ClN4O2. The predicted molar refractivity (Wildman–Crippen MR) is 91.5 cm³/mol. The molecule has 0 N–H and O–H groups in total. The molecule has 3 aromatic rings. The van der Waals surface area contributed by atoms with Gasteiger partial charge in [0.05, 0.1) is 12.6 Å². The van der Waals surface area contributed by atoms with E-state index in [-0.39, 0.29) is 5.91 Å². The van der Waals surface area contributed by atoms with Crippen LogP contribution >= 0.6 is 11.6 Å². The first kappa shape index (κ1) is 16.4. The van der Waals surface area contributed by atoms with Crippen molar-refractivity contribution in [3.63, 3.8) is 0 Å². The van der Waals surface area contributed by atoms with Crippen LogP contribution in [0.3, 0.4) is 0 Å². The second kappa shape index (κ2) is 6.98. The van der Waals surface area contributed by atoms with E-state index in [0.29, 0.717) is 11.4 Å². The van der Waals surface area contributed by atoms with Crippen molar-refractivity contribution >= 4 is 28.5 Å². The molecule has 1 atom stereocenters. The summed E-state index contributed by atoms with van der Waals surface area (Å²) in [6.07, 6.45) is 0.455. The van der Waals surface area contributed by atoms with Gasteiger partial charge in [0, 0.05) is 18.5 Å². The Bertz CT molecular complexity index is 847. The lowest BCUT2D eigenvalue weighted by Gasteiger charge is -2.22. The standard InChI is InChI=1S/C17H17ClN4O2/c1-21(24-2)17(23)16(11-12-7-9-13(18)10-8-12)22-15-6-4-3-5-14(15)19-20-22/h3-10,16H,11H2,1-2H3. The summed E-state index contributed by atoms with van der Waals surface area (Å²) < 4.78 is 1.64. The van der Waals surface area contributed by atoms with Gasteiger partial charge in [-0.2, -0.15) is 0 Å². The van der Waals surface area contributed by atoms with Gasteiger partial charge < -0.3 is 0 Å². The Morgan fingerprint density at radius 3 is 2.67 bits per heavy atom. The highest BCUT2D eigenvalue weighted by Crippen LogP contribution is 2.22. The zero-order valence-corrected chi connectivity index (χ0v) is 14.1. The highest BCUT2D eigenvalue weighted by molar-refractivity contribution is 6.30. The van der Waals surface area contributed by atoms with Crippen LogP contribution in [0.1, 0.15) is 11.6 Å². The fourth-order valence-corrected chi connectivity index (χ4v) is 2.67. The average Bonchev–Trinajstić information content (AvgIpc) is 3.04. The van der Waals surface area contributed by atoms with Crippen LogP contribution in [0.25, 0.3) is 11.0 Å². The van der Waals surface area contributed by atoms with E-state index >= 15 is 0 Å². The number of hydrogen-bond donors (Lipinski definition) is 0. The fourth-order valence-electron chi connectivity index (χ4n) is 2.54. The van der Waals surface area contributed by atoms with Gasteiger partial charge in [-0.3, -0.25) is 9.63 Å². The summed E-state index contributed by atoms with van der Waals surface area (Å²) in [6.45, 7) is 0. The number of para-hydroxylation sites is 1. The van der Waals surface area contributed by atoms with E-state index in [4.69, 9.17) is 16.4 Å². The largest absolute Gasteiger partial charge is 0.274 e. The third kappa shape index (κ3) is 3.25. The minimum atomic E-state index is -0.566. The minimum absolute atomic E-state index is 0.205. The maximum absolute atomic E-state index is 12.8. The van der Waals surface area contributed by atoms with E-state index < -0.39 is 6.04 Å². The SMILES string of the molecule is CON(C)C(=O)C(Cc1ccc(Cl)cc1)n1nnc2ccccc21. The topological polar surface area (TPSA) is 60.2 Å². The van der Waals surface area contributed by atoms with Gasteiger partial charge in [-0.25, -0.2) is 9.75 Å². The highest BCUT2D eigenvalue weighted by Gasteiger charge is 2.27. The molecule has 2 aromatic carbocycles. The molecule has 1 aromatic heterocycles. The molecule has 0 fully saturated rings. The van der Waals surface area contributed by atoms with Gasteiger partial charge in [-0.05, 0) is 29.8 Å². The van der Waals surface area contributed by atoms with Crippen molar-refractivity contribution in [2.75, 3.05) is 14.2 Å². The summed E-state index contributed by atoms with van der Waals surface area (Å²) in [5.74, 6) is -0.205. The molecule has 0 aliphatic rings. The van der Waals surface area contributed by atoms with Crippen molar-refractivity contribution < 1.29 is 9.63 Å². The molecule has 1 heterocycles. The Hall–Kier alpha value is -2.44. The number of fused-ring (bicyclic) bond motifs is 1. The van der Waals surface area contributed by atoms with Gasteiger partial charge >= 0.3 is 0 Å². The van der Waals surface area contributed by atoms with Crippen molar-refractivity contribution in [1.29, 1.82) is 0 Å². The third-order valence-corrected chi connectivity index (χ3v) is 4.14. The number of hydroxylamine groups is 2. The van der Waals surface area contributed by atoms with Gasteiger partial charge in [0.25, 0.3) is 5.91 Å². The molecule has 3 rings (SSSR count). The summed E-state index contributed by atoms with van der Waals surface area (Å²) in [7, 11) is 3.03. The molecule has 124 valence electrons. The quantitative estimate of drug-likeness (QED) is 0.668. The second-order valence-corrected chi connectivity index (χ2v) is 5.82. The molecule has 0 saturated carbocycles. The Kier molecular flexibility index (Phi) is 4.78. The van der Waals surface area contributed by atoms with E-state index in [0.717, 1.165) is 16.6 Å². The first-order valence-corrected chi connectivity index (χ1v) is 7.84. The summed E-state index contributed by atoms with van der Waals surface area (Å²) in [6, 6.07) is 14.4. The van der Waals surface area contributed by atoms with E-state index in [1.165, 1.54) is 12.2 Å². The number of hydrogen-bond acceptors (Lipinski definition) is 4. The number of amides is 1. The van der Waals surface area contributed by atoms with Crippen molar-refractivity contribution in [3.05, 3.63) is 59.1 Å². The molecule has 0 bridgehead atoms. The minimum Gasteiger partial charge on any atom is -0.274 e. The number of rotatable bonds is 5. The van der Waals surface area contributed by atoms with Crippen LogP contribution in [0.4, 0.5) is 0 Å². The average molecular weight is 345 g/mol. The molecule has 0 aliphatic heterocycles. The monoisotopic (exact) mass is 344 g/mol. The highest BCUT2D eigenvalue weighted by atomic mass is 35.5. The maximum Gasteiger partial charge on any atom is 0.271 e. The van der Waals surface area contributed by atoms with Crippen LogP contribution in [0.15, 0.2) is 48.5 Å². The summed E-state index contributed by atoms with van der Waals surface area (Å²) in [4.78, 5) is 17.8. The Morgan fingerprint density at radius 1 is 1.25 bits per heavy atom. The van der Waals surface area contributed by atoms with Crippen LogP contribution in [-0.4, -0.2) is 40.1 Å². The second-order valence-electron chi connectivity index (χ2n) is 5.39. The van der Waals surface area contributed by atoms with Gasteiger partial charge in [-0.1, -0.05) is 41.1 Å². The maximum atomic E-state index is 12.8. The van der Waals surface area contributed by atoms with Crippen molar-refractivity contribution in [1.82, 2.24) is 20.1 Å². The molecule has 0 saturated heterocycles. The van der Waals surface area contributed by atoms with Gasteiger partial charge in [0.1, 0.15) is 11.6 Å². The first-order chi connectivity index (χ1) is 11.6. The molecule has 24 heavy (non-hydrogen) atoms. The summed E-state index contributed by atoms with van der Waals surface area (Å²) in [5.41, 5.74) is 2.52. The van der Waals surface area contributed by atoms with E-state index in [2.05, 4.69) is 10.3 Å². The fraction of sp³-hybridized carbons (Fsp3) is 0.235. The Morgan fingerprint density at radius 2 is 1.96 bits per heavy atom. The van der Waals surface area contributed by atoms with E-state index in [1.807, 2.05) is 36.4 Å². The van der Waals surface area contributed by atoms with Gasteiger partial charge in [0.15, 0.2) is 0 Å². The number of aromatic nitrogens is 3. The van der Waals surface area contributed by atoms with E-state index in [9.17, 15) is 4.79 Å². The number of benzene rings is 2. The van der Waals surface area contributed by atoms with Crippen LogP contribution in [0, 0.1) is 0 Å². The lowest BCUT2D eigenvalue weighted by molar-refractivity contribution is -0.172.